The summed E-state index contributed by atoms with van der Waals surface area (Å²) in [5.41, 5.74) is 4.34. The predicted molar refractivity (Wildman–Crippen MR) is 80.1 cm³/mol. The van der Waals surface area contributed by atoms with Gasteiger partial charge in [0.25, 0.3) is 0 Å². The summed E-state index contributed by atoms with van der Waals surface area (Å²) >= 11 is 3.57. The van der Waals surface area contributed by atoms with Gasteiger partial charge in [-0.05, 0) is 24.5 Å². The third kappa shape index (κ3) is 2.90. The van der Waals surface area contributed by atoms with E-state index in [0.717, 1.165) is 40.8 Å². The maximum Gasteiger partial charge on any atom is 0.0718 e. The molecule has 0 atom stereocenters. The van der Waals surface area contributed by atoms with Gasteiger partial charge in [0.15, 0.2) is 0 Å². The summed E-state index contributed by atoms with van der Waals surface area (Å²) in [5, 5.41) is 14.2. The van der Waals surface area contributed by atoms with Crippen LogP contribution < -0.4 is 0 Å². The van der Waals surface area contributed by atoms with Crippen LogP contribution in [0.2, 0.25) is 0 Å². The minimum Gasteiger partial charge on any atom is -0.392 e. The maximum atomic E-state index is 9.53. The average molecular weight is 323 g/mol. The molecule has 1 heterocycles. The molecule has 0 unspecified atom stereocenters. The van der Waals surface area contributed by atoms with E-state index in [1.54, 1.807) is 0 Å². The van der Waals surface area contributed by atoms with E-state index >= 15 is 0 Å². The van der Waals surface area contributed by atoms with Gasteiger partial charge >= 0.3 is 0 Å². The number of benzene rings is 1. The van der Waals surface area contributed by atoms with Crippen LogP contribution >= 0.6 is 15.9 Å². The average Bonchev–Trinajstić information content (AvgIpc) is 2.78. The third-order valence-electron chi connectivity index (χ3n) is 3.36. The van der Waals surface area contributed by atoms with Crippen LogP contribution in [0, 0.1) is 0 Å². The van der Waals surface area contributed by atoms with Gasteiger partial charge in [-0.25, -0.2) is 0 Å². The Hall–Kier alpha value is -1.13. The van der Waals surface area contributed by atoms with E-state index in [1.807, 2.05) is 22.9 Å². The van der Waals surface area contributed by atoms with Crippen LogP contribution in [0.4, 0.5) is 0 Å². The second-order valence-electron chi connectivity index (χ2n) is 4.49. The number of aryl methyl sites for hydroxylation is 1. The molecule has 2 rings (SSSR count). The first-order valence-corrected chi connectivity index (χ1v) is 7.42. The lowest BCUT2D eigenvalue weighted by Crippen LogP contribution is -2.07. The lowest BCUT2D eigenvalue weighted by atomic mass is 10.1. The Morgan fingerprint density at radius 2 is 1.95 bits per heavy atom. The van der Waals surface area contributed by atoms with Gasteiger partial charge in [0, 0.05) is 15.7 Å². The largest absolute Gasteiger partial charge is 0.392 e. The van der Waals surface area contributed by atoms with Crippen LogP contribution in [0.1, 0.15) is 36.4 Å². The number of nitrogens with zero attached hydrogens (tertiary/aromatic N) is 2. The molecule has 0 saturated carbocycles. The molecule has 2 aromatic rings. The zero-order valence-corrected chi connectivity index (χ0v) is 12.9. The third-order valence-corrected chi connectivity index (χ3v) is 4.13. The van der Waals surface area contributed by atoms with Crippen LogP contribution in [0.3, 0.4) is 0 Å². The van der Waals surface area contributed by atoms with Crippen LogP contribution in [0.15, 0.2) is 28.7 Å². The van der Waals surface area contributed by atoms with Gasteiger partial charge in [0.2, 0.25) is 0 Å². The fourth-order valence-electron chi connectivity index (χ4n) is 2.37. The Bertz CT molecular complexity index is 563. The highest BCUT2D eigenvalue weighted by atomic mass is 79.9. The van der Waals surface area contributed by atoms with Crippen LogP contribution in [-0.2, 0) is 26.0 Å². The first-order valence-electron chi connectivity index (χ1n) is 6.62. The van der Waals surface area contributed by atoms with Crippen molar-refractivity contribution < 1.29 is 5.11 Å². The molecule has 0 aliphatic rings. The molecule has 0 amide bonds. The summed E-state index contributed by atoms with van der Waals surface area (Å²) in [4.78, 5) is 0. The van der Waals surface area contributed by atoms with E-state index in [4.69, 9.17) is 0 Å². The standard InChI is InChI=1S/C15H19BrN2O/c1-3-14-12(10-19)15(4-2)18(17-14)9-11-7-5-6-8-13(11)16/h5-8,19H,3-4,9-10H2,1-2H3. The molecule has 0 spiro atoms. The first kappa shape index (κ1) is 14.3. The molecule has 0 aliphatic carbocycles. The highest BCUT2D eigenvalue weighted by molar-refractivity contribution is 9.10. The molecule has 19 heavy (non-hydrogen) atoms. The van der Waals surface area contributed by atoms with Crippen molar-refractivity contribution in [2.45, 2.75) is 39.8 Å². The van der Waals surface area contributed by atoms with Crippen LogP contribution in [0.25, 0.3) is 0 Å². The van der Waals surface area contributed by atoms with Crippen molar-refractivity contribution in [3.8, 4) is 0 Å². The Balaban J connectivity index is 2.40. The Morgan fingerprint density at radius 1 is 1.21 bits per heavy atom. The molecular weight excluding hydrogens is 304 g/mol. The molecule has 0 bridgehead atoms. The van der Waals surface area contributed by atoms with Crippen LogP contribution in [-0.4, -0.2) is 14.9 Å². The molecule has 0 fully saturated rings. The van der Waals surface area contributed by atoms with E-state index in [-0.39, 0.29) is 6.61 Å². The maximum absolute atomic E-state index is 9.53. The molecule has 3 nitrogen and oxygen atoms in total. The predicted octanol–water partition coefficient (Wildman–Crippen LogP) is 3.31. The number of aliphatic hydroxyl groups is 1. The van der Waals surface area contributed by atoms with E-state index in [0.29, 0.717) is 0 Å². The van der Waals surface area contributed by atoms with Gasteiger partial charge in [-0.3, -0.25) is 4.68 Å². The molecule has 102 valence electrons. The Kier molecular flexibility index (Phi) is 4.77. The van der Waals surface area contributed by atoms with Crippen molar-refractivity contribution in [1.29, 1.82) is 0 Å². The second kappa shape index (κ2) is 6.35. The van der Waals surface area contributed by atoms with Gasteiger partial charge < -0.3 is 5.11 Å². The molecule has 0 aliphatic heterocycles. The topological polar surface area (TPSA) is 38.0 Å². The SMILES string of the molecule is CCc1nn(Cc2ccccc2Br)c(CC)c1CO. The number of hydrogen-bond donors (Lipinski definition) is 1. The molecule has 0 radical (unpaired) electrons. The summed E-state index contributed by atoms with van der Waals surface area (Å²) in [7, 11) is 0. The molecule has 0 saturated heterocycles. The monoisotopic (exact) mass is 322 g/mol. The van der Waals surface area contributed by atoms with Gasteiger partial charge in [-0.15, -0.1) is 0 Å². The lowest BCUT2D eigenvalue weighted by Gasteiger charge is -2.08. The van der Waals surface area contributed by atoms with Crippen molar-refractivity contribution in [3.05, 3.63) is 51.3 Å². The number of halogens is 1. The van der Waals surface area contributed by atoms with Gasteiger partial charge in [0.05, 0.1) is 18.8 Å². The molecular formula is C15H19BrN2O. The van der Waals surface area contributed by atoms with E-state index in [1.165, 1.54) is 5.56 Å². The summed E-state index contributed by atoms with van der Waals surface area (Å²) < 4.78 is 3.11. The van der Waals surface area contributed by atoms with Gasteiger partial charge in [0.1, 0.15) is 0 Å². The Labute approximate surface area is 122 Å². The first-order chi connectivity index (χ1) is 9.21. The molecule has 4 heteroatoms. The number of hydrogen-bond acceptors (Lipinski definition) is 2. The summed E-state index contributed by atoms with van der Waals surface area (Å²) in [6.07, 6.45) is 1.74. The van der Waals surface area contributed by atoms with Crippen LogP contribution in [0.5, 0.6) is 0 Å². The Morgan fingerprint density at radius 3 is 2.53 bits per heavy atom. The summed E-state index contributed by atoms with van der Waals surface area (Å²) in [6.45, 7) is 4.98. The van der Waals surface area contributed by atoms with Crippen molar-refractivity contribution in [3.63, 3.8) is 0 Å². The number of aliphatic hydroxyl groups excluding tert-OH is 1. The normalized spacial score (nSPS) is 10.9. The quantitative estimate of drug-likeness (QED) is 0.917. The zero-order chi connectivity index (χ0) is 13.8. The van der Waals surface area contributed by atoms with Gasteiger partial charge in [-0.1, -0.05) is 48.0 Å². The zero-order valence-electron chi connectivity index (χ0n) is 11.4. The number of rotatable bonds is 5. The number of aromatic nitrogens is 2. The minimum atomic E-state index is 0.0717. The summed E-state index contributed by atoms with van der Waals surface area (Å²) in [5.74, 6) is 0. The molecule has 1 aromatic carbocycles. The molecule has 1 aromatic heterocycles. The fraction of sp³-hybridized carbons (Fsp3) is 0.400. The smallest absolute Gasteiger partial charge is 0.0718 e. The highest BCUT2D eigenvalue weighted by Crippen LogP contribution is 2.21. The van der Waals surface area contributed by atoms with Gasteiger partial charge in [-0.2, -0.15) is 5.10 Å². The van der Waals surface area contributed by atoms with Crippen molar-refractivity contribution in [1.82, 2.24) is 9.78 Å². The van der Waals surface area contributed by atoms with E-state index in [2.05, 4.69) is 40.9 Å². The van der Waals surface area contributed by atoms with E-state index in [9.17, 15) is 5.11 Å². The van der Waals surface area contributed by atoms with Crippen molar-refractivity contribution >= 4 is 15.9 Å². The van der Waals surface area contributed by atoms with Crippen molar-refractivity contribution in [2.24, 2.45) is 0 Å². The molecule has 1 N–H and O–H groups in total. The van der Waals surface area contributed by atoms with E-state index < -0.39 is 0 Å². The summed E-state index contributed by atoms with van der Waals surface area (Å²) in [6, 6.07) is 8.17. The van der Waals surface area contributed by atoms with Crippen molar-refractivity contribution in [2.75, 3.05) is 0 Å². The lowest BCUT2D eigenvalue weighted by molar-refractivity contribution is 0.279. The fourth-order valence-corrected chi connectivity index (χ4v) is 2.78. The highest BCUT2D eigenvalue weighted by Gasteiger charge is 2.15. The minimum absolute atomic E-state index is 0.0717. The second-order valence-corrected chi connectivity index (χ2v) is 5.34.